The first-order valence-electron chi connectivity index (χ1n) is 7.11. The molecule has 1 saturated heterocycles. The molecule has 0 aromatic heterocycles. The third-order valence-electron chi connectivity index (χ3n) is 3.92. The summed E-state index contributed by atoms with van der Waals surface area (Å²) in [4.78, 5) is 25.7. The molecule has 0 saturated carbocycles. The topological polar surface area (TPSA) is 58.6 Å². The average molecular weight is 270 g/mol. The predicted molar refractivity (Wildman–Crippen MR) is 73.7 cm³/mol. The lowest BCUT2D eigenvalue weighted by Crippen LogP contribution is -2.51. The van der Waals surface area contributed by atoms with Gasteiger partial charge in [0.05, 0.1) is 19.1 Å². The molecule has 110 valence electrons. The number of ether oxygens (including phenoxy) is 1. The number of hydrogen-bond donors (Lipinski definition) is 1. The molecule has 1 rings (SSSR count). The van der Waals surface area contributed by atoms with Gasteiger partial charge in [-0.3, -0.25) is 14.5 Å². The highest BCUT2D eigenvalue weighted by atomic mass is 16.5. The Hall–Kier alpha value is -1.10. The van der Waals surface area contributed by atoms with Crippen molar-refractivity contribution < 1.29 is 14.3 Å². The van der Waals surface area contributed by atoms with Crippen molar-refractivity contribution in [3.8, 4) is 0 Å². The van der Waals surface area contributed by atoms with Gasteiger partial charge >= 0.3 is 5.97 Å². The molecule has 1 fully saturated rings. The zero-order valence-corrected chi connectivity index (χ0v) is 12.4. The van der Waals surface area contributed by atoms with Crippen LogP contribution in [-0.2, 0) is 14.3 Å². The van der Waals surface area contributed by atoms with Gasteiger partial charge in [0.25, 0.3) is 0 Å². The standard InChI is InChI=1S/C14H26N2O3/c1-5-10(2)15-13(17)11(3)16-8-6-7-12(9-16)14(18)19-4/h10-12H,5-9H2,1-4H3,(H,15,17)/t10?,11?,12-/m0/s1. The number of carbonyl (C=O) groups excluding carboxylic acids is 2. The number of nitrogens with one attached hydrogen (secondary N) is 1. The molecule has 19 heavy (non-hydrogen) atoms. The van der Waals surface area contributed by atoms with Gasteiger partial charge in [-0.2, -0.15) is 0 Å². The average Bonchev–Trinajstić information content (AvgIpc) is 2.45. The molecular weight excluding hydrogens is 244 g/mol. The summed E-state index contributed by atoms with van der Waals surface area (Å²) in [6.45, 7) is 7.42. The zero-order chi connectivity index (χ0) is 14.4. The Kier molecular flexibility index (Phi) is 6.28. The van der Waals surface area contributed by atoms with Crippen molar-refractivity contribution in [1.29, 1.82) is 0 Å². The van der Waals surface area contributed by atoms with Crippen LogP contribution in [0.4, 0.5) is 0 Å². The van der Waals surface area contributed by atoms with Crippen molar-refractivity contribution >= 4 is 11.9 Å². The fourth-order valence-electron chi connectivity index (χ4n) is 2.35. The molecule has 0 aromatic carbocycles. The number of amides is 1. The molecule has 0 aliphatic carbocycles. The van der Waals surface area contributed by atoms with Gasteiger partial charge in [-0.15, -0.1) is 0 Å². The Morgan fingerprint density at radius 2 is 2.11 bits per heavy atom. The van der Waals surface area contributed by atoms with Gasteiger partial charge in [0.2, 0.25) is 5.91 Å². The van der Waals surface area contributed by atoms with Crippen LogP contribution in [-0.4, -0.2) is 49.1 Å². The Morgan fingerprint density at radius 1 is 1.42 bits per heavy atom. The smallest absolute Gasteiger partial charge is 0.309 e. The molecule has 1 N–H and O–H groups in total. The molecule has 5 nitrogen and oxygen atoms in total. The molecule has 1 aliphatic heterocycles. The van der Waals surface area contributed by atoms with Crippen molar-refractivity contribution in [3.63, 3.8) is 0 Å². The minimum Gasteiger partial charge on any atom is -0.469 e. The molecule has 0 bridgehead atoms. The second-order valence-corrected chi connectivity index (χ2v) is 5.35. The summed E-state index contributed by atoms with van der Waals surface area (Å²) in [5.41, 5.74) is 0. The summed E-state index contributed by atoms with van der Waals surface area (Å²) in [7, 11) is 1.42. The second kappa shape index (κ2) is 7.48. The fraction of sp³-hybridized carbons (Fsp3) is 0.857. The third kappa shape index (κ3) is 4.49. The van der Waals surface area contributed by atoms with Crippen molar-refractivity contribution in [2.45, 2.75) is 52.1 Å². The van der Waals surface area contributed by atoms with E-state index in [1.165, 1.54) is 7.11 Å². The van der Waals surface area contributed by atoms with Gasteiger partial charge in [-0.25, -0.2) is 0 Å². The van der Waals surface area contributed by atoms with Gasteiger partial charge in [0, 0.05) is 12.6 Å². The minimum absolute atomic E-state index is 0.0415. The van der Waals surface area contributed by atoms with E-state index in [1.54, 1.807) is 0 Å². The normalized spacial score (nSPS) is 23.5. The first kappa shape index (κ1) is 16.0. The lowest BCUT2D eigenvalue weighted by atomic mass is 9.97. The highest BCUT2D eigenvalue weighted by molar-refractivity contribution is 5.81. The minimum atomic E-state index is -0.193. The number of rotatable bonds is 5. The number of methoxy groups -OCH3 is 1. The van der Waals surface area contributed by atoms with Crippen LogP contribution in [0.1, 0.15) is 40.0 Å². The Bertz CT molecular complexity index is 320. The van der Waals surface area contributed by atoms with Crippen molar-refractivity contribution in [2.75, 3.05) is 20.2 Å². The first-order chi connectivity index (χ1) is 8.99. The molecule has 0 aromatic rings. The predicted octanol–water partition coefficient (Wildman–Crippen LogP) is 1.17. The van der Waals surface area contributed by atoms with Crippen molar-refractivity contribution in [1.82, 2.24) is 10.2 Å². The fourth-order valence-corrected chi connectivity index (χ4v) is 2.35. The van der Waals surface area contributed by atoms with Crippen molar-refractivity contribution in [2.24, 2.45) is 5.92 Å². The number of likely N-dealkylation sites (tertiary alicyclic amines) is 1. The Labute approximate surface area is 115 Å². The van der Waals surface area contributed by atoms with E-state index in [1.807, 2.05) is 20.8 Å². The van der Waals surface area contributed by atoms with Crippen LogP contribution in [0.25, 0.3) is 0 Å². The molecule has 0 spiro atoms. The summed E-state index contributed by atoms with van der Waals surface area (Å²) in [5, 5.41) is 2.99. The van der Waals surface area contributed by atoms with E-state index in [9.17, 15) is 9.59 Å². The van der Waals surface area contributed by atoms with E-state index in [-0.39, 0.29) is 29.9 Å². The van der Waals surface area contributed by atoms with Crippen LogP contribution >= 0.6 is 0 Å². The van der Waals surface area contributed by atoms with Gasteiger partial charge in [0.15, 0.2) is 0 Å². The van der Waals surface area contributed by atoms with E-state index in [0.29, 0.717) is 6.54 Å². The van der Waals surface area contributed by atoms with Crippen LogP contribution in [0.2, 0.25) is 0 Å². The second-order valence-electron chi connectivity index (χ2n) is 5.35. The molecular formula is C14H26N2O3. The van der Waals surface area contributed by atoms with Crippen LogP contribution in [0.5, 0.6) is 0 Å². The van der Waals surface area contributed by atoms with Gasteiger partial charge in [-0.05, 0) is 39.7 Å². The lowest BCUT2D eigenvalue weighted by Gasteiger charge is -2.35. The summed E-state index contributed by atoms with van der Waals surface area (Å²) in [6.07, 6.45) is 2.70. The molecule has 1 amide bonds. The lowest BCUT2D eigenvalue weighted by molar-refractivity contribution is -0.148. The molecule has 1 heterocycles. The van der Waals surface area contributed by atoms with Gasteiger partial charge < -0.3 is 10.1 Å². The number of nitrogens with zero attached hydrogens (tertiary/aromatic N) is 1. The third-order valence-corrected chi connectivity index (χ3v) is 3.92. The Balaban J connectivity index is 2.54. The molecule has 3 atom stereocenters. The molecule has 5 heteroatoms. The maximum absolute atomic E-state index is 12.1. The number of esters is 1. The monoisotopic (exact) mass is 270 g/mol. The number of piperidine rings is 1. The van der Waals surface area contributed by atoms with E-state index in [4.69, 9.17) is 4.74 Å². The maximum Gasteiger partial charge on any atom is 0.309 e. The van der Waals surface area contributed by atoms with Crippen LogP contribution < -0.4 is 5.32 Å². The van der Waals surface area contributed by atoms with E-state index in [0.717, 1.165) is 25.8 Å². The van der Waals surface area contributed by atoms with E-state index < -0.39 is 0 Å². The Morgan fingerprint density at radius 3 is 2.68 bits per heavy atom. The van der Waals surface area contributed by atoms with Gasteiger partial charge in [-0.1, -0.05) is 6.92 Å². The maximum atomic E-state index is 12.1. The molecule has 2 unspecified atom stereocenters. The van der Waals surface area contributed by atoms with Crippen LogP contribution in [0, 0.1) is 5.92 Å². The highest BCUT2D eigenvalue weighted by Gasteiger charge is 2.31. The van der Waals surface area contributed by atoms with Crippen LogP contribution in [0.15, 0.2) is 0 Å². The highest BCUT2D eigenvalue weighted by Crippen LogP contribution is 2.19. The summed E-state index contributed by atoms with van der Waals surface area (Å²) < 4.78 is 4.79. The van der Waals surface area contributed by atoms with E-state index >= 15 is 0 Å². The number of hydrogen-bond acceptors (Lipinski definition) is 4. The summed E-state index contributed by atoms with van der Waals surface area (Å²) in [5.74, 6) is -0.225. The summed E-state index contributed by atoms with van der Waals surface area (Å²) in [6, 6.07) is -0.00222. The summed E-state index contributed by atoms with van der Waals surface area (Å²) >= 11 is 0. The van der Waals surface area contributed by atoms with E-state index in [2.05, 4.69) is 10.2 Å². The van der Waals surface area contributed by atoms with Gasteiger partial charge in [0.1, 0.15) is 0 Å². The van der Waals surface area contributed by atoms with Crippen LogP contribution in [0.3, 0.4) is 0 Å². The molecule has 0 radical (unpaired) electrons. The largest absolute Gasteiger partial charge is 0.469 e. The first-order valence-corrected chi connectivity index (χ1v) is 7.11. The number of carbonyl (C=O) groups is 2. The zero-order valence-electron chi connectivity index (χ0n) is 12.4. The quantitative estimate of drug-likeness (QED) is 0.762. The van der Waals surface area contributed by atoms with Crippen molar-refractivity contribution in [3.05, 3.63) is 0 Å². The molecule has 1 aliphatic rings. The SMILES string of the molecule is CCC(C)NC(=O)C(C)N1CCC[C@H](C(=O)OC)C1.